The third kappa shape index (κ3) is 2.62. The molecule has 8 heteroatoms. The van der Waals surface area contributed by atoms with E-state index in [1.807, 2.05) is 6.92 Å². The van der Waals surface area contributed by atoms with E-state index in [2.05, 4.69) is 15.0 Å². The van der Waals surface area contributed by atoms with Crippen LogP contribution in [-0.2, 0) is 4.74 Å². The lowest BCUT2D eigenvalue weighted by Crippen LogP contribution is -2.00. The van der Waals surface area contributed by atoms with Crippen molar-refractivity contribution in [2.75, 3.05) is 7.11 Å². The lowest BCUT2D eigenvalue weighted by molar-refractivity contribution is 0.0601. The summed E-state index contributed by atoms with van der Waals surface area (Å²) in [5.74, 6) is 0.569. The van der Waals surface area contributed by atoms with Crippen LogP contribution in [0.4, 0.5) is 0 Å². The zero-order valence-corrected chi connectivity index (χ0v) is 14.6. The number of aromatic nitrogens is 3. The second-order valence-electron chi connectivity index (χ2n) is 5.53. The summed E-state index contributed by atoms with van der Waals surface area (Å²) < 4.78 is 16.1. The van der Waals surface area contributed by atoms with Gasteiger partial charge in [-0.05, 0) is 36.7 Å². The van der Waals surface area contributed by atoms with Crippen LogP contribution in [0.15, 0.2) is 45.8 Å². The second kappa shape index (κ2) is 6.27. The number of fused-ring (bicyclic) bond motifs is 1. The van der Waals surface area contributed by atoms with Crippen LogP contribution >= 0.6 is 11.6 Å². The number of methoxy groups -OCH3 is 1. The molecular weight excluding hydrogens is 358 g/mol. The van der Waals surface area contributed by atoms with Gasteiger partial charge < -0.3 is 13.6 Å². The minimum atomic E-state index is -0.435. The molecule has 0 saturated heterocycles. The number of benzene rings is 1. The van der Waals surface area contributed by atoms with Gasteiger partial charge in [-0.2, -0.15) is 0 Å². The van der Waals surface area contributed by atoms with Crippen LogP contribution in [0.25, 0.3) is 33.7 Å². The van der Waals surface area contributed by atoms with Gasteiger partial charge in [0, 0.05) is 17.1 Å². The normalized spacial score (nSPS) is 11.0. The molecule has 0 bridgehead atoms. The standard InChI is InChI=1S/C18H12ClN3O4/c1-9-11-4-3-10(17(23)24-2)5-13(11)26-16(9)15-12(6-21-18(19)22-15)14-7-20-8-25-14/h3-8H,1-2H3. The van der Waals surface area contributed by atoms with Crippen molar-refractivity contribution in [1.29, 1.82) is 0 Å². The number of carbonyl (C=O) groups excluding carboxylic acids is 1. The van der Waals surface area contributed by atoms with Crippen molar-refractivity contribution in [1.82, 2.24) is 15.0 Å². The average Bonchev–Trinajstić information content (AvgIpc) is 3.29. The number of halogens is 1. The van der Waals surface area contributed by atoms with Gasteiger partial charge in [0.05, 0.1) is 24.4 Å². The van der Waals surface area contributed by atoms with Crippen LogP contribution in [-0.4, -0.2) is 28.0 Å². The third-order valence-corrected chi connectivity index (χ3v) is 4.21. The van der Waals surface area contributed by atoms with Crippen molar-refractivity contribution in [3.05, 3.63) is 53.4 Å². The molecule has 0 unspecified atom stereocenters. The number of esters is 1. The zero-order chi connectivity index (χ0) is 18.3. The predicted octanol–water partition coefficient (Wildman–Crippen LogP) is 4.29. The van der Waals surface area contributed by atoms with Crippen molar-refractivity contribution in [2.45, 2.75) is 6.92 Å². The molecular formula is C18H12ClN3O4. The SMILES string of the molecule is COC(=O)c1ccc2c(C)c(-c3nc(Cl)ncc3-c3cnco3)oc2c1. The lowest BCUT2D eigenvalue weighted by Gasteiger charge is -2.04. The van der Waals surface area contributed by atoms with E-state index in [0.717, 1.165) is 10.9 Å². The van der Waals surface area contributed by atoms with Gasteiger partial charge in [0.15, 0.2) is 17.9 Å². The Bertz CT molecular complexity index is 1120. The van der Waals surface area contributed by atoms with E-state index >= 15 is 0 Å². The van der Waals surface area contributed by atoms with Gasteiger partial charge in [-0.1, -0.05) is 0 Å². The molecule has 4 aromatic rings. The molecule has 3 heterocycles. The van der Waals surface area contributed by atoms with Gasteiger partial charge in [0.1, 0.15) is 11.3 Å². The summed E-state index contributed by atoms with van der Waals surface area (Å²) >= 11 is 5.99. The van der Waals surface area contributed by atoms with Crippen LogP contribution in [0.5, 0.6) is 0 Å². The minimum Gasteiger partial charge on any atom is -0.465 e. The van der Waals surface area contributed by atoms with Crippen molar-refractivity contribution in [3.63, 3.8) is 0 Å². The first-order chi connectivity index (χ1) is 12.6. The van der Waals surface area contributed by atoms with Crippen LogP contribution < -0.4 is 0 Å². The second-order valence-corrected chi connectivity index (χ2v) is 5.86. The number of oxazole rings is 1. The monoisotopic (exact) mass is 369 g/mol. The van der Waals surface area contributed by atoms with Crippen molar-refractivity contribution in [2.24, 2.45) is 0 Å². The maximum atomic E-state index is 11.8. The summed E-state index contributed by atoms with van der Waals surface area (Å²) in [4.78, 5) is 24.0. The molecule has 0 radical (unpaired) electrons. The number of rotatable bonds is 3. The third-order valence-electron chi connectivity index (χ3n) is 4.03. The van der Waals surface area contributed by atoms with E-state index in [-0.39, 0.29) is 5.28 Å². The number of aryl methyl sites for hydroxylation is 1. The summed E-state index contributed by atoms with van der Waals surface area (Å²) in [6.07, 6.45) is 4.43. The summed E-state index contributed by atoms with van der Waals surface area (Å²) in [6.45, 7) is 1.90. The Balaban J connectivity index is 1.94. The Morgan fingerprint density at radius 3 is 2.85 bits per heavy atom. The number of furan rings is 1. The lowest BCUT2D eigenvalue weighted by atomic mass is 10.1. The highest BCUT2D eigenvalue weighted by Gasteiger charge is 2.21. The fraction of sp³-hybridized carbons (Fsp3) is 0.111. The van der Waals surface area contributed by atoms with Crippen LogP contribution in [0, 0.1) is 6.92 Å². The molecule has 0 spiro atoms. The molecule has 0 saturated carbocycles. The van der Waals surface area contributed by atoms with E-state index < -0.39 is 5.97 Å². The maximum absolute atomic E-state index is 11.8. The van der Waals surface area contributed by atoms with Gasteiger partial charge in [0.25, 0.3) is 0 Å². The summed E-state index contributed by atoms with van der Waals surface area (Å²) in [7, 11) is 1.33. The summed E-state index contributed by atoms with van der Waals surface area (Å²) in [5, 5.41) is 0.935. The highest BCUT2D eigenvalue weighted by molar-refractivity contribution is 6.28. The summed E-state index contributed by atoms with van der Waals surface area (Å²) in [6, 6.07) is 5.13. The molecule has 0 N–H and O–H groups in total. The molecule has 7 nitrogen and oxygen atoms in total. The molecule has 0 fully saturated rings. The molecule has 0 atom stereocenters. The average molecular weight is 370 g/mol. The predicted molar refractivity (Wildman–Crippen MR) is 93.8 cm³/mol. The molecule has 3 aromatic heterocycles. The molecule has 130 valence electrons. The number of hydrogen-bond acceptors (Lipinski definition) is 7. The highest BCUT2D eigenvalue weighted by atomic mass is 35.5. The molecule has 0 aliphatic rings. The van der Waals surface area contributed by atoms with Crippen LogP contribution in [0.3, 0.4) is 0 Å². The van der Waals surface area contributed by atoms with Gasteiger partial charge in [-0.3, -0.25) is 0 Å². The Labute approximate surface area is 152 Å². The Kier molecular flexibility index (Phi) is 3.93. The molecule has 0 aliphatic heterocycles. The topological polar surface area (TPSA) is 91.2 Å². The van der Waals surface area contributed by atoms with E-state index in [1.165, 1.54) is 13.5 Å². The highest BCUT2D eigenvalue weighted by Crippen LogP contribution is 2.37. The van der Waals surface area contributed by atoms with Gasteiger partial charge in [0.2, 0.25) is 5.28 Å². The quantitative estimate of drug-likeness (QED) is 0.393. The molecule has 4 rings (SSSR count). The van der Waals surface area contributed by atoms with E-state index in [0.29, 0.717) is 33.9 Å². The largest absolute Gasteiger partial charge is 0.465 e. The zero-order valence-electron chi connectivity index (χ0n) is 13.8. The van der Waals surface area contributed by atoms with E-state index in [1.54, 1.807) is 30.6 Å². The van der Waals surface area contributed by atoms with E-state index in [4.69, 9.17) is 25.2 Å². The van der Waals surface area contributed by atoms with Gasteiger partial charge in [-0.25, -0.2) is 19.7 Å². The first kappa shape index (κ1) is 16.3. The Morgan fingerprint density at radius 2 is 2.12 bits per heavy atom. The van der Waals surface area contributed by atoms with Crippen molar-refractivity contribution < 1.29 is 18.4 Å². The van der Waals surface area contributed by atoms with Gasteiger partial charge >= 0.3 is 5.97 Å². The first-order valence-electron chi connectivity index (χ1n) is 7.61. The molecule has 0 amide bonds. The Hall–Kier alpha value is -3.19. The van der Waals surface area contributed by atoms with Crippen LogP contribution in [0.2, 0.25) is 5.28 Å². The first-order valence-corrected chi connectivity index (χ1v) is 7.99. The van der Waals surface area contributed by atoms with Gasteiger partial charge in [-0.15, -0.1) is 0 Å². The number of ether oxygens (including phenoxy) is 1. The minimum absolute atomic E-state index is 0.0818. The maximum Gasteiger partial charge on any atom is 0.337 e. The Morgan fingerprint density at radius 1 is 1.27 bits per heavy atom. The number of nitrogens with zero attached hydrogens (tertiary/aromatic N) is 3. The molecule has 0 aliphatic carbocycles. The van der Waals surface area contributed by atoms with Crippen molar-refractivity contribution in [3.8, 4) is 22.8 Å². The molecule has 26 heavy (non-hydrogen) atoms. The smallest absolute Gasteiger partial charge is 0.337 e. The van der Waals surface area contributed by atoms with Crippen molar-refractivity contribution >= 4 is 28.5 Å². The fourth-order valence-electron chi connectivity index (χ4n) is 2.76. The van der Waals surface area contributed by atoms with Crippen LogP contribution in [0.1, 0.15) is 15.9 Å². The number of carbonyl (C=O) groups is 1. The molecule has 1 aromatic carbocycles. The number of hydrogen-bond donors (Lipinski definition) is 0. The van der Waals surface area contributed by atoms with E-state index in [9.17, 15) is 4.79 Å². The summed E-state index contributed by atoms with van der Waals surface area (Å²) in [5.41, 5.74) is 2.87. The fourth-order valence-corrected chi connectivity index (χ4v) is 2.89.